The Hall–Kier alpha value is -2.65. The van der Waals surface area contributed by atoms with Crippen molar-refractivity contribution in [2.24, 2.45) is 13.0 Å². The van der Waals surface area contributed by atoms with Crippen molar-refractivity contribution in [3.05, 3.63) is 42.9 Å². The van der Waals surface area contributed by atoms with E-state index < -0.39 is 0 Å². The third kappa shape index (κ3) is 4.90. The Bertz CT molecular complexity index is 1090. The van der Waals surface area contributed by atoms with Crippen LogP contribution in [-0.4, -0.2) is 73.7 Å². The molecule has 0 aliphatic carbocycles. The summed E-state index contributed by atoms with van der Waals surface area (Å²) in [7, 11) is 1.99. The summed E-state index contributed by atoms with van der Waals surface area (Å²) >= 11 is 1.76. The highest BCUT2D eigenvalue weighted by molar-refractivity contribution is 7.99. The lowest BCUT2D eigenvalue weighted by Crippen LogP contribution is -2.35. The minimum Gasteiger partial charge on any atom is -0.489 e. The first-order valence-corrected chi connectivity index (χ1v) is 13.1. The molecule has 2 aliphatic heterocycles. The van der Waals surface area contributed by atoms with E-state index in [9.17, 15) is 0 Å². The Morgan fingerprint density at radius 1 is 1.15 bits per heavy atom. The van der Waals surface area contributed by atoms with Crippen LogP contribution >= 0.6 is 11.8 Å². The predicted octanol–water partition coefficient (Wildman–Crippen LogP) is 3.75. The molecule has 9 heteroatoms. The number of para-hydroxylation sites is 2. The van der Waals surface area contributed by atoms with Crippen molar-refractivity contribution >= 4 is 17.4 Å². The van der Waals surface area contributed by atoms with Gasteiger partial charge in [0.15, 0.2) is 11.0 Å². The van der Waals surface area contributed by atoms with Gasteiger partial charge in [0.1, 0.15) is 11.4 Å². The molecule has 180 valence electrons. The Labute approximate surface area is 205 Å². The van der Waals surface area contributed by atoms with Gasteiger partial charge in [-0.1, -0.05) is 23.9 Å². The lowest BCUT2D eigenvalue weighted by atomic mass is 10.0. The van der Waals surface area contributed by atoms with Gasteiger partial charge in [-0.05, 0) is 51.3 Å². The second-order valence-electron chi connectivity index (χ2n) is 9.36. The first-order chi connectivity index (χ1) is 16.6. The molecule has 2 aliphatic rings. The molecule has 2 atom stereocenters. The molecule has 0 N–H and O–H groups in total. The molecule has 0 amide bonds. The highest BCUT2D eigenvalue weighted by Crippen LogP contribution is 2.39. The van der Waals surface area contributed by atoms with Crippen molar-refractivity contribution in [1.29, 1.82) is 0 Å². The van der Waals surface area contributed by atoms with E-state index in [1.807, 2.05) is 11.6 Å². The molecule has 0 radical (unpaired) electrons. The zero-order chi connectivity index (χ0) is 23.5. The number of nitrogens with zero attached hydrogens (tertiary/aromatic N) is 7. The Balaban J connectivity index is 1.13. The zero-order valence-electron chi connectivity index (χ0n) is 20.2. The number of rotatable bonds is 9. The molecule has 5 rings (SSSR count). The molecule has 8 nitrogen and oxygen atoms in total. The molecule has 0 unspecified atom stereocenters. The number of fused-ring (bicyclic) bond motifs is 1. The maximum atomic E-state index is 6.12. The molecule has 1 aromatic carbocycles. The average Bonchev–Trinajstić information content (AvgIpc) is 3.52. The number of anilines is 1. The summed E-state index contributed by atoms with van der Waals surface area (Å²) in [6.45, 7) is 8.75. The van der Waals surface area contributed by atoms with Crippen LogP contribution in [0.5, 0.6) is 5.75 Å². The third-order valence-corrected chi connectivity index (χ3v) is 7.74. The maximum absolute atomic E-state index is 6.12. The van der Waals surface area contributed by atoms with Crippen LogP contribution < -0.4 is 9.64 Å². The second kappa shape index (κ2) is 10.3. The smallest absolute Gasteiger partial charge is 0.191 e. The maximum Gasteiger partial charge on any atom is 0.191 e. The fourth-order valence-electron chi connectivity index (χ4n) is 5.11. The molecule has 2 aromatic heterocycles. The summed E-state index contributed by atoms with van der Waals surface area (Å²) in [4.78, 5) is 13.7. The number of aromatic nitrogens is 5. The van der Waals surface area contributed by atoms with Gasteiger partial charge in [-0.3, -0.25) is 4.98 Å². The van der Waals surface area contributed by atoms with Crippen LogP contribution in [0.15, 0.2) is 48.0 Å². The normalized spacial score (nSPS) is 20.3. The van der Waals surface area contributed by atoms with Crippen LogP contribution in [0.1, 0.15) is 26.7 Å². The fraction of sp³-hybridized carbons (Fsp3) is 0.520. The van der Waals surface area contributed by atoms with Crippen LogP contribution in [0.3, 0.4) is 0 Å². The highest BCUT2D eigenvalue weighted by Gasteiger charge is 2.41. The Morgan fingerprint density at radius 3 is 2.85 bits per heavy atom. The van der Waals surface area contributed by atoms with Crippen LogP contribution in [0, 0.1) is 5.92 Å². The van der Waals surface area contributed by atoms with Gasteiger partial charge in [0.2, 0.25) is 0 Å². The summed E-state index contributed by atoms with van der Waals surface area (Å²) in [6, 6.07) is 9.10. The Kier molecular flexibility index (Phi) is 7.01. The summed E-state index contributed by atoms with van der Waals surface area (Å²) in [5.41, 5.74) is 2.00. The molecule has 3 aromatic rings. The van der Waals surface area contributed by atoms with E-state index in [1.165, 1.54) is 18.7 Å². The molecule has 4 heterocycles. The topological polar surface area (TPSA) is 72.2 Å². The summed E-state index contributed by atoms with van der Waals surface area (Å²) in [5, 5.41) is 9.59. The van der Waals surface area contributed by atoms with Gasteiger partial charge in [0.05, 0.1) is 18.0 Å². The fourth-order valence-corrected chi connectivity index (χ4v) is 5.94. The zero-order valence-corrected chi connectivity index (χ0v) is 21.0. The summed E-state index contributed by atoms with van der Waals surface area (Å²) in [6.07, 6.45) is 7.64. The molecule has 0 saturated carbocycles. The van der Waals surface area contributed by atoms with Gasteiger partial charge in [-0.25, -0.2) is 4.98 Å². The van der Waals surface area contributed by atoms with E-state index in [0.29, 0.717) is 6.04 Å². The van der Waals surface area contributed by atoms with Crippen LogP contribution in [-0.2, 0) is 7.05 Å². The summed E-state index contributed by atoms with van der Waals surface area (Å²) in [5.74, 6) is 3.53. The van der Waals surface area contributed by atoms with Gasteiger partial charge >= 0.3 is 0 Å². The van der Waals surface area contributed by atoms with E-state index in [4.69, 9.17) is 4.74 Å². The van der Waals surface area contributed by atoms with E-state index in [-0.39, 0.29) is 6.10 Å². The molecule has 0 spiro atoms. The molecule has 2 fully saturated rings. The van der Waals surface area contributed by atoms with Gasteiger partial charge in [0.25, 0.3) is 0 Å². The monoisotopic (exact) mass is 479 g/mol. The molecular weight excluding hydrogens is 446 g/mol. The van der Waals surface area contributed by atoms with Crippen LogP contribution in [0.25, 0.3) is 11.5 Å². The number of benzene rings is 1. The SMILES string of the molecule is CC(C)Oc1ccccc1N1CC[C@H]2CN(CCCSc3nnc(-c4cnccn4)n3C)C[C@H]21. The van der Waals surface area contributed by atoms with Gasteiger partial charge < -0.3 is 19.1 Å². The van der Waals surface area contributed by atoms with Gasteiger partial charge in [0, 0.05) is 50.9 Å². The minimum absolute atomic E-state index is 0.183. The van der Waals surface area contributed by atoms with Crippen molar-refractivity contribution in [1.82, 2.24) is 29.6 Å². The second-order valence-corrected chi connectivity index (χ2v) is 10.4. The standard InChI is InChI=1S/C25H33N7OS/c1-18(2)33-23-8-5-4-7-21(23)32-13-9-19-16-31(17-22(19)32)12-6-14-34-25-29-28-24(30(25)3)20-15-26-10-11-27-20/h4-5,7-8,10-11,15,18-19,22H,6,9,12-14,16-17H2,1-3H3/t19-,22+/m0/s1. The van der Waals surface area contributed by atoms with E-state index in [2.05, 4.69) is 68.1 Å². The van der Waals surface area contributed by atoms with Gasteiger partial charge in [-0.15, -0.1) is 10.2 Å². The van der Waals surface area contributed by atoms with E-state index in [1.54, 1.807) is 30.4 Å². The van der Waals surface area contributed by atoms with Crippen LogP contribution in [0.4, 0.5) is 5.69 Å². The van der Waals surface area contributed by atoms with Gasteiger partial charge in [-0.2, -0.15) is 0 Å². The minimum atomic E-state index is 0.183. The van der Waals surface area contributed by atoms with Crippen molar-refractivity contribution < 1.29 is 4.74 Å². The number of hydrogen-bond acceptors (Lipinski definition) is 8. The first-order valence-electron chi connectivity index (χ1n) is 12.1. The highest BCUT2D eigenvalue weighted by atomic mass is 32.2. The van der Waals surface area contributed by atoms with Crippen molar-refractivity contribution in [2.45, 2.75) is 44.0 Å². The van der Waals surface area contributed by atoms with Crippen molar-refractivity contribution in [2.75, 3.05) is 36.8 Å². The number of thioether (sulfide) groups is 1. The lowest BCUT2D eigenvalue weighted by molar-refractivity contribution is 0.242. The Morgan fingerprint density at radius 2 is 2.03 bits per heavy atom. The van der Waals surface area contributed by atoms with Crippen molar-refractivity contribution in [3.8, 4) is 17.3 Å². The summed E-state index contributed by atoms with van der Waals surface area (Å²) < 4.78 is 8.12. The quantitative estimate of drug-likeness (QED) is 0.339. The van der Waals surface area contributed by atoms with Crippen LogP contribution in [0.2, 0.25) is 0 Å². The molecular formula is C25H33N7OS. The molecule has 0 bridgehead atoms. The third-order valence-electron chi connectivity index (χ3n) is 6.64. The molecule has 34 heavy (non-hydrogen) atoms. The number of likely N-dealkylation sites (tertiary alicyclic amines) is 1. The van der Waals surface area contributed by atoms with Crippen molar-refractivity contribution in [3.63, 3.8) is 0 Å². The lowest BCUT2D eigenvalue weighted by Gasteiger charge is -2.29. The predicted molar refractivity (Wildman–Crippen MR) is 135 cm³/mol. The van der Waals surface area contributed by atoms with E-state index in [0.717, 1.165) is 60.2 Å². The molecule has 2 saturated heterocycles. The van der Waals surface area contributed by atoms with E-state index >= 15 is 0 Å². The number of hydrogen-bond donors (Lipinski definition) is 0. The number of ether oxygens (including phenoxy) is 1. The first kappa shape index (κ1) is 23.1. The average molecular weight is 480 g/mol. The largest absolute Gasteiger partial charge is 0.489 e.